The van der Waals surface area contributed by atoms with Gasteiger partial charge in [-0.2, -0.15) is 10.2 Å². The number of carboxylic acid groups (broad SMARTS) is 1. The number of nitrogens with zero attached hydrogens (tertiary/aromatic N) is 4. The van der Waals surface area contributed by atoms with Crippen LogP contribution in [0.5, 0.6) is 5.75 Å². The minimum absolute atomic E-state index is 0.0150. The lowest BCUT2D eigenvalue weighted by molar-refractivity contribution is -0.274. The lowest BCUT2D eigenvalue weighted by Crippen LogP contribution is -2.17. The molecule has 0 saturated carbocycles. The molecule has 2 aromatic carbocycles. The monoisotopic (exact) mass is 502 g/mol. The Kier molecular flexibility index (Phi) is 5.40. The highest BCUT2D eigenvalue weighted by Crippen LogP contribution is 2.43. The van der Waals surface area contributed by atoms with Gasteiger partial charge >= 0.3 is 12.3 Å². The normalized spacial score (nSPS) is 15.2. The molecule has 1 aliphatic rings. The lowest BCUT2D eigenvalue weighted by Gasteiger charge is -2.09. The van der Waals surface area contributed by atoms with Crippen LogP contribution in [0.1, 0.15) is 30.0 Å². The van der Waals surface area contributed by atoms with Crippen LogP contribution in [-0.2, 0) is 11.3 Å². The third kappa shape index (κ3) is 4.28. The summed E-state index contributed by atoms with van der Waals surface area (Å²) in [4.78, 5) is 15.5. The second kappa shape index (κ2) is 8.32. The Hall–Kier alpha value is -4.04. The molecule has 0 spiro atoms. The van der Waals surface area contributed by atoms with E-state index >= 15 is 0 Å². The number of alkyl halides is 3. The van der Waals surface area contributed by atoms with Crippen LogP contribution in [0, 0.1) is 11.3 Å². The van der Waals surface area contributed by atoms with Crippen molar-refractivity contribution in [3.8, 4) is 34.7 Å². The van der Waals surface area contributed by atoms with E-state index in [4.69, 9.17) is 21.4 Å². The van der Waals surface area contributed by atoms with Gasteiger partial charge in [0.1, 0.15) is 5.75 Å². The predicted molar refractivity (Wildman–Crippen MR) is 117 cm³/mol. The quantitative estimate of drug-likeness (QED) is 0.370. The number of aromatic nitrogens is 3. The highest BCUT2D eigenvalue weighted by Gasteiger charge is 2.32. The summed E-state index contributed by atoms with van der Waals surface area (Å²) >= 11 is 6.63. The first-order valence-electron chi connectivity index (χ1n) is 10.3. The van der Waals surface area contributed by atoms with Crippen molar-refractivity contribution in [3.63, 3.8) is 0 Å². The summed E-state index contributed by atoms with van der Waals surface area (Å²) in [6, 6.07) is 10.4. The molecule has 1 unspecified atom stereocenters. The van der Waals surface area contributed by atoms with Crippen molar-refractivity contribution in [2.24, 2.45) is 0 Å². The molecule has 1 N–H and O–H groups in total. The summed E-state index contributed by atoms with van der Waals surface area (Å²) in [6.45, 7) is 0.653. The molecule has 0 fully saturated rings. The molecule has 8 nitrogen and oxygen atoms in total. The molecular formula is C23H14ClF3N4O4. The van der Waals surface area contributed by atoms with Crippen molar-refractivity contribution in [1.29, 1.82) is 5.26 Å². The van der Waals surface area contributed by atoms with Gasteiger partial charge in [-0.15, -0.1) is 13.2 Å². The third-order valence-corrected chi connectivity index (χ3v) is 6.15. The van der Waals surface area contributed by atoms with Crippen molar-refractivity contribution in [2.75, 3.05) is 0 Å². The minimum Gasteiger partial charge on any atom is -0.481 e. The van der Waals surface area contributed by atoms with Crippen LogP contribution in [0.15, 0.2) is 40.9 Å². The third-order valence-electron chi connectivity index (χ3n) is 5.75. The summed E-state index contributed by atoms with van der Waals surface area (Å²) in [7, 11) is 0. The molecule has 0 radical (unpaired) electrons. The SMILES string of the molecule is N#Cc1cc(OC(F)(F)F)cc(-c2nc(-c3ccc4c(c3)c(Cl)c3n4CCC3CC(=O)O)no2)c1. The van der Waals surface area contributed by atoms with Gasteiger partial charge < -0.3 is 18.9 Å². The van der Waals surface area contributed by atoms with E-state index in [0.29, 0.717) is 28.9 Å². The zero-order valence-electron chi connectivity index (χ0n) is 17.6. The zero-order valence-corrected chi connectivity index (χ0v) is 18.4. The standard InChI is InChI=1S/C23H14ClF3N4O4/c24-19-16-8-13(1-2-17(16)31-4-3-12(20(19)31)9-18(32)33)21-29-22(35-30-21)14-5-11(10-28)6-15(7-14)34-23(25,26)27/h1-2,5-8,12H,3-4,9H2,(H,32,33). The van der Waals surface area contributed by atoms with Gasteiger partial charge in [0.05, 0.1) is 23.1 Å². The van der Waals surface area contributed by atoms with Gasteiger partial charge in [0.25, 0.3) is 5.89 Å². The maximum absolute atomic E-state index is 12.6. The van der Waals surface area contributed by atoms with Crippen molar-refractivity contribution >= 4 is 28.5 Å². The van der Waals surface area contributed by atoms with E-state index < -0.39 is 18.1 Å². The van der Waals surface area contributed by atoms with Crippen molar-refractivity contribution in [3.05, 3.63) is 52.7 Å². The molecule has 12 heteroatoms. The van der Waals surface area contributed by atoms with E-state index in [9.17, 15) is 23.1 Å². The number of hydrogen-bond acceptors (Lipinski definition) is 6. The van der Waals surface area contributed by atoms with Crippen molar-refractivity contribution in [2.45, 2.75) is 31.7 Å². The number of aryl methyl sites for hydroxylation is 1. The molecule has 3 heterocycles. The molecule has 0 aliphatic carbocycles. The Morgan fingerprint density at radius 1 is 1.29 bits per heavy atom. The average Bonchev–Trinajstić information content (AvgIpc) is 3.49. The first kappa shape index (κ1) is 22.7. The average molecular weight is 503 g/mol. The first-order chi connectivity index (χ1) is 16.6. The maximum Gasteiger partial charge on any atom is 0.573 e. The Labute approximate surface area is 200 Å². The van der Waals surface area contributed by atoms with Crippen molar-refractivity contribution in [1.82, 2.24) is 14.7 Å². The summed E-state index contributed by atoms with van der Waals surface area (Å²) < 4.78 is 49.1. The molecule has 1 aliphatic heterocycles. The molecule has 2 aromatic heterocycles. The van der Waals surface area contributed by atoms with Gasteiger partial charge in [0, 0.05) is 40.2 Å². The largest absolute Gasteiger partial charge is 0.573 e. The molecule has 178 valence electrons. The van der Waals surface area contributed by atoms with Crippen LogP contribution in [0.2, 0.25) is 5.02 Å². The number of benzene rings is 2. The van der Waals surface area contributed by atoms with E-state index in [1.165, 1.54) is 6.07 Å². The molecule has 0 saturated heterocycles. The molecule has 5 rings (SSSR count). The Morgan fingerprint density at radius 3 is 2.80 bits per heavy atom. The van der Waals surface area contributed by atoms with Crippen LogP contribution in [-0.4, -0.2) is 32.1 Å². The highest BCUT2D eigenvalue weighted by molar-refractivity contribution is 6.36. The summed E-state index contributed by atoms with van der Waals surface area (Å²) in [5, 5.41) is 23.4. The number of rotatable bonds is 5. The van der Waals surface area contributed by atoms with Gasteiger partial charge in [0.2, 0.25) is 5.82 Å². The lowest BCUT2D eigenvalue weighted by atomic mass is 10.00. The van der Waals surface area contributed by atoms with Gasteiger partial charge in [-0.1, -0.05) is 16.8 Å². The molecule has 0 bridgehead atoms. The number of aliphatic carboxylic acids is 1. The molecule has 0 amide bonds. The van der Waals surface area contributed by atoms with E-state index in [2.05, 4.69) is 14.9 Å². The van der Waals surface area contributed by atoms with Gasteiger partial charge in [0.15, 0.2) is 0 Å². The Balaban J connectivity index is 1.51. The van der Waals surface area contributed by atoms with Crippen molar-refractivity contribution < 1.29 is 32.3 Å². The molecule has 1 atom stereocenters. The van der Waals surface area contributed by atoms with E-state index in [0.717, 1.165) is 23.3 Å². The Morgan fingerprint density at radius 2 is 2.09 bits per heavy atom. The fourth-order valence-corrected chi connectivity index (χ4v) is 4.79. The smallest absolute Gasteiger partial charge is 0.481 e. The number of halogens is 4. The molecular weight excluding hydrogens is 489 g/mol. The van der Waals surface area contributed by atoms with Gasteiger partial charge in [-0.3, -0.25) is 4.79 Å². The second-order valence-electron chi connectivity index (χ2n) is 8.00. The fraction of sp³-hybridized carbons (Fsp3) is 0.217. The van der Waals surface area contributed by atoms with E-state index in [1.807, 2.05) is 10.6 Å². The van der Waals surface area contributed by atoms with E-state index in [-0.39, 0.29) is 35.2 Å². The Bertz CT molecular complexity index is 1520. The fourth-order valence-electron chi connectivity index (χ4n) is 4.38. The summed E-state index contributed by atoms with van der Waals surface area (Å²) in [5.41, 5.74) is 2.17. The summed E-state index contributed by atoms with van der Waals surface area (Å²) in [5.74, 6) is -1.61. The number of nitriles is 1. The van der Waals surface area contributed by atoms with Crippen LogP contribution < -0.4 is 4.74 Å². The number of carboxylic acids is 1. The number of ether oxygens (including phenoxy) is 1. The number of fused-ring (bicyclic) bond motifs is 3. The van der Waals surface area contributed by atoms with Gasteiger partial charge in [-0.05, 0) is 42.8 Å². The van der Waals surface area contributed by atoms with Crippen LogP contribution in [0.3, 0.4) is 0 Å². The topological polar surface area (TPSA) is 114 Å². The number of carbonyl (C=O) groups is 1. The molecule has 35 heavy (non-hydrogen) atoms. The first-order valence-corrected chi connectivity index (χ1v) is 10.7. The second-order valence-corrected chi connectivity index (χ2v) is 8.37. The minimum atomic E-state index is -4.93. The molecule has 4 aromatic rings. The van der Waals surface area contributed by atoms with Crippen LogP contribution >= 0.6 is 11.6 Å². The van der Waals surface area contributed by atoms with Crippen LogP contribution in [0.4, 0.5) is 13.2 Å². The van der Waals surface area contributed by atoms with E-state index in [1.54, 1.807) is 18.2 Å². The summed E-state index contributed by atoms with van der Waals surface area (Å²) in [6.07, 6.45) is -4.25. The van der Waals surface area contributed by atoms with Crippen LogP contribution in [0.25, 0.3) is 33.7 Å². The predicted octanol–water partition coefficient (Wildman–Crippen LogP) is 5.74. The zero-order chi connectivity index (χ0) is 24.9. The maximum atomic E-state index is 12.6. The number of hydrogen-bond donors (Lipinski definition) is 1. The van der Waals surface area contributed by atoms with Gasteiger partial charge in [-0.25, -0.2) is 0 Å². The highest BCUT2D eigenvalue weighted by atomic mass is 35.5.